The summed E-state index contributed by atoms with van der Waals surface area (Å²) in [6.07, 6.45) is 6.44. The number of hydrogen-bond acceptors (Lipinski definition) is 1. The van der Waals surface area contributed by atoms with Crippen molar-refractivity contribution in [1.29, 1.82) is 0 Å². The first-order valence-corrected chi connectivity index (χ1v) is 10.7. The van der Waals surface area contributed by atoms with E-state index in [2.05, 4.69) is 6.07 Å². The Morgan fingerprint density at radius 2 is 1.46 bits per heavy atom. The van der Waals surface area contributed by atoms with E-state index in [0.29, 0.717) is 17.6 Å². The highest BCUT2D eigenvalue weighted by molar-refractivity contribution is 6.05. The van der Waals surface area contributed by atoms with Crippen molar-refractivity contribution >= 4 is 10.8 Å². The molecule has 3 aromatic carbocycles. The summed E-state index contributed by atoms with van der Waals surface area (Å²) >= 11 is 0. The third-order valence-electron chi connectivity index (χ3n) is 8.59. The van der Waals surface area contributed by atoms with Crippen molar-refractivity contribution in [2.45, 2.75) is 37.5 Å². The number of halogens is 1. The zero-order chi connectivity index (χ0) is 18.6. The van der Waals surface area contributed by atoms with Gasteiger partial charge in [-0.3, -0.25) is 0 Å². The third-order valence-corrected chi connectivity index (χ3v) is 8.59. The molecule has 140 valence electrons. The minimum absolute atomic E-state index is 0.109. The molecule has 2 heteroatoms. The molecule has 3 aromatic rings. The van der Waals surface area contributed by atoms with E-state index in [9.17, 15) is 9.50 Å². The molecule has 1 spiro atoms. The zero-order valence-electron chi connectivity index (χ0n) is 15.8. The predicted octanol–water partition coefficient (Wildman–Crippen LogP) is 6.41. The molecule has 8 rings (SSSR count). The molecule has 0 amide bonds. The molecule has 5 aliphatic rings. The fourth-order valence-electron chi connectivity index (χ4n) is 8.00. The molecule has 1 nitrogen and oxygen atoms in total. The summed E-state index contributed by atoms with van der Waals surface area (Å²) in [6, 6.07) is 15.6. The molecule has 28 heavy (non-hydrogen) atoms. The normalized spacial score (nSPS) is 34.2. The summed E-state index contributed by atoms with van der Waals surface area (Å²) in [5.41, 5.74) is 4.81. The van der Waals surface area contributed by atoms with Gasteiger partial charge >= 0.3 is 0 Å². The van der Waals surface area contributed by atoms with Crippen LogP contribution in [0.5, 0.6) is 5.75 Å². The summed E-state index contributed by atoms with van der Waals surface area (Å²) < 4.78 is 14.5. The average molecular weight is 370 g/mol. The highest BCUT2D eigenvalue weighted by Crippen LogP contribution is 2.70. The van der Waals surface area contributed by atoms with Crippen molar-refractivity contribution in [1.82, 2.24) is 0 Å². The van der Waals surface area contributed by atoms with E-state index in [0.717, 1.165) is 22.6 Å². The van der Waals surface area contributed by atoms with Crippen molar-refractivity contribution in [2.24, 2.45) is 23.7 Å². The Kier molecular flexibility index (Phi) is 2.76. The number of fused-ring (bicyclic) bond motifs is 5. The number of hydrogen-bond donors (Lipinski definition) is 1. The van der Waals surface area contributed by atoms with Crippen LogP contribution in [0.15, 0.2) is 48.5 Å². The summed E-state index contributed by atoms with van der Waals surface area (Å²) in [4.78, 5) is 0. The smallest absolute Gasteiger partial charge is 0.123 e. The van der Waals surface area contributed by atoms with Crippen molar-refractivity contribution in [3.8, 4) is 16.9 Å². The van der Waals surface area contributed by atoms with Gasteiger partial charge in [0.25, 0.3) is 0 Å². The minimum Gasteiger partial charge on any atom is -0.507 e. The number of benzene rings is 3. The maximum absolute atomic E-state index is 14.5. The van der Waals surface area contributed by atoms with Crippen molar-refractivity contribution < 1.29 is 9.50 Å². The molecule has 1 N–H and O–H groups in total. The van der Waals surface area contributed by atoms with E-state index in [1.165, 1.54) is 54.4 Å². The Hall–Kier alpha value is -2.35. The van der Waals surface area contributed by atoms with Gasteiger partial charge in [0, 0.05) is 10.8 Å². The lowest BCUT2D eigenvalue weighted by atomic mass is 9.43. The number of phenolic OH excluding ortho intramolecular Hbond substituents is 1. The van der Waals surface area contributed by atoms with E-state index >= 15 is 0 Å². The second-order valence-corrected chi connectivity index (χ2v) is 9.73. The van der Waals surface area contributed by atoms with Gasteiger partial charge in [0.1, 0.15) is 11.6 Å². The Labute approximate surface area is 164 Å². The molecule has 4 fully saturated rings. The summed E-state index contributed by atoms with van der Waals surface area (Å²) in [5, 5.41) is 12.9. The van der Waals surface area contributed by atoms with Gasteiger partial charge in [-0.15, -0.1) is 0 Å². The number of aromatic hydroxyl groups is 1. The van der Waals surface area contributed by atoms with Crippen LogP contribution >= 0.6 is 0 Å². The minimum atomic E-state index is -0.131. The molecule has 0 radical (unpaired) electrons. The van der Waals surface area contributed by atoms with Crippen molar-refractivity contribution in [2.75, 3.05) is 0 Å². The monoisotopic (exact) mass is 370 g/mol. The van der Waals surface area contributed by atoms with Gasteiger partial charge in [0.2, 0.25) is 0 Å². The van der Waals surface area contributed by atoms with Crippen LogP contribution in [0.4, 0.5) is 4.39 Å². The van der Waals surface area contributed by atoms with E-state index in [4.69, 9.17) is 0 Å². The summed E-state index contributed by atoms with van der Waals surface area (Å²) in [7, 11) is 0. The fraction of sp³-hybridized carbons (Fsp3) is 0.385. The second-order valence-electron chi connectivity index (χ2n) is 9.73. The maximum atomic E-state index is 14.5. The Morgan fingerprint density at radius 1 is 0.786 bits per heavy atom. The van der Waals surface area contributed by atoms with Crippen LogP contribution in [-0.4, -0.2) is 5.11 Å². The average Bonchev–Trinajstić information content (AvgIpc) is 2.96. The molecule has 0 atom stereocenters. The highest BCUT2D eigenvalue weighted by Gasteiger charge is 2.61. The van der Waals surface area contributed by atoms with Gasteiger partial charge in [-0.2, -0.15) is 0 Å². The largest absolute Gasteiger partial charge is 0.507 e. The van der Waals surface area contributed by atoms with E-state index in [1.807, 2.05) is 36.4 Å². The van der Waals surface area contributed by atoms with Crippen LogP contribution in [0.2, 0.25) is 0 Å². The van der Waals surface area contributed by atoms with Gasteiger partial charge in [-0.25, -0.2) is 4.39 Å². The van der Waals surface area contributed by atoms with E-state index in [1.54, 1.807) is 6.07 Å². The fourth-order valence-corrected chi connectivity index (χ4v) is 8.00. The van der Waals surface area contributed by atoms with Crippen LogP contribution in [0, 0.1) is 29.5 Å². The van der Waals surface area contributed by atoms with Gasteiger partial charge in [0.15, 0.2) is 0 Å². The number of rotatable bonds is 0. The van der Waals surface area contributed by atoms with Crippen LogP contribution in [-0.2, 0) is 5.41 Å². The van der Waals surface area contributed by atoms with Gasteiger partial charge in [-0.1, -0.05) is 30.3 Å². The standard InChI is InChI=1S/C26H23FO/c27-18-5-6-21-22(12-18)26(16-8-14-7-15(10-16)11-17(26)9-14)23-13-24(28)19-3-1-2-4-20(19)25(21)23/h1-6,12-17,28H,7-11H2. The molecule has 5 aliphatic carbocycles. The van der Waals surface area contributed by atoms with Crippen LogP contribution in [0.25, 0.3) is 21.9 Å². The molecular formula is C26H23FO. The predicted molar refractivity (Wildman–Crippen MR) is 109 cm³/mol. The lowest BCUT2D eigenvalue weighted by Crippen LogP contribution is -2.55. The second kappa shape index (κ2) is 4.97. The lowest BCUT2D eigenvalue weighted by Gasteiger charge is -2.61. The highest BCUT2D eigenvalue weighted by atomic mass is 19.1. The first-order chi connectivity index (χ1) is 13.7. The molecule has 4 saturated carbocycles. The molecular weight excluding hydrogens is 347 g/mol. The Balaban J connectivity index is 1.63. The topological polar surface area (TPSA) is 20.2 Å². The number of phenols is 1. The molecule has 0 unspecified atom stereocenters. The first-order valence-electron chi connectivity index (χ1n) is 10.7. The zero-order valence-corrected chi connectivity index (χ0v) is 15.8. The van der Waals surface area contributed by atoms with E-state index in [-0.39, 0.29) is 11.2 Å². The molecule has 0 aliphatic heterocycles. The lowest BCUT2D eigenvalue weighted by molar-refractivity contribution is -0.0400. The van der Waals surface area contributed by atoms with Crippen LogP contribution < -0.4 is 0 Å². The van der Waals surface area contributed by atoms with Crippen LogP contribution in [0.1, 0.15) is 43.2 Å². The summed E-state index contributed by atoms with van der Waals surface area (Å²) in [6.45, 7) is 0. The van der Waals surface area contributed by atoms with Crippen molar-refractivity contribution in [3.05, 3.63) is 65.5 Å². The first kappa shape index (κ1) is 15.6. The van der Waals surface area contributed by atoms with E-state index < -0.39 is 0 Å². The Bertz CT molecular complexity index is 1130. The molecule has 0 aromatic heterocycles. The van der Waals surface area contributed by atoms with Crippen LogP contribution in [0.3, 0.4) is 0 Å². The van der Waals surface area contributed by atoms with Gasteiger partial charge in [0.05, 0.1) is 0 Å². The maximum Gasteiger partial charge on any atom is 0.123 e. The SMILES string of the molecule is Oc1cc2c(c3ccccc13)-c1ccc(F)cc1C21C2CC3CC(C2)CC1C3. The quantitative estimate of drug-likeness (QED) is 0.485. The molecule has 4 bridgehead atoms. The van der Waals surface area contributed by atoms with Crippen molar-refractivity contribution in [3.63, 3.8) is 0 Å². The van der Waals surface area contributed by atoms with Gasteiger partial charge < -0.3 is 5.11 Å². The molecule has 0 heterocycles. The van der Waals surface area contributed by atoms with Gasteiger partial charge in [-0.05, 0) is 102 Å². The summed E-state index contributed by atoms with van der Waals surface area (Å²) in [5.74, 6) is 3.09. The Morgan fingerprint density at radius 3 is 2.18 bits per heavy atom. The molecule has 0 saturated heterocycles. The third kappa shape index (κ3) is 1.65.